The molecule has 514 valence electrons. The lowest BCUT2D eigenvalue weighted by molar-refractivity contribution is -0.410. The minimum atomic E-state index is -1.50. The van der Waals surface area contributed by atoms with Gasteiger partial charge < -0.3 is 75.8 Å². The molecule has 0 bridgehead atoms. The number of benzene rings is 9. The fourth-order valence-corrected chi connectivity index (χ4v) is 12.8. The summed E-state index contributed by atoms with van der Waals surface area (Å²) in [7, 11) is 1.57. The summed E-state index contributed by atoms with van der Waals surface area (Å²) in [5.41, 5.74) is 7.41. The summed E-state index contributed by atoms with van der Waals surface area (Å²) in [4.78, 5) is 15.3. The molecular weight excluding hydrogens is 1260 g/mol. The topological polar surface area (TPSA) is 165 Å². The van der Waals surface area contributed by atoms with Gasteiger partial charge in [0.05, 0.1) is 71.6 Å². The van der Waals surface area contributed by atoms with Crippen LogP contribution < -0.4 is 0 Å². The summed E-state index contributed by atoms with van der Waals surface area (Å²) in [6.07, 6.45) is -17.2. The third-order valence-corrected chi connectivity index (χ3v) is 17.8. The van der Waals surface area contributed by atoms with Crippen molar-refractivity contribution in [1.82, 2.24) is 0 Å². The quantitative estimate of drug-likeness (QED) is 0.0376. The third kappa shape index (κ3) is 18.8. The molecule has 0 N–H and O–H groups in total. The molecule has 17 heteroatoms. The van der Waals surface area contributed by atoms with E-state index in [0.29, 0.717) is 0 Å². The monoisotopic (exact) mass is 1340 g/mol. The lowest BCUT2D eigenvalue weighted by Gasteiger charge is -2.53. The van der Waals surface area contributed by atoms with Gasteiger partial charge in [0.25, 0.3) is 0 Å². The molecule has 4 aliphatic heterocycles. The van der Waals surface area contributed by atoms with E-state index in [0.717, 1.165) is 44.5 Å². The van der Waals surface area contributed by atoms with E-state index in [2.05, 4.69) is 0 Å². The number of ether oxygens (including phenoxy) is 16. The number of rotatable bonds is 31. The molecule has 0 saturated carbocycles. The number of carbonyl (C=O) groups excluding carboxylic acids is 1. The molecule has 99 heavy (non-hydrogen) atoms. The van der Waals surface area contributed by atoms with Crippen LogP contribution in [0.15, 0.2) is 273 Å². The predicted molar refractivity (Wildman–Crippen MR) is 366 cm³/mol. The van der Waals surface area contributed by atoms with Gasteiger partial charge in [-0.1, -0.05) is 261 Å². The molecule has 4 aliphatic rings. The number of hydrogen-bond acceptors (Lipinski definition) is 17. The zero-order valence-corrected chi connectivity index (χ0v) is 55.2. The van der Waals surface area contributed by atoms with Crippen molar-refractivity contribution in [2.45, 2.75) is 145 Å². The minimum absolute atomic E-state index is 0.0177. The lowest BCUT2D eigenvalue weighted by Crippen LogP contribution is -2.69. The maximum absolute atomic E-state index is 15.3. The second-order valence-electron chi connectivity index (χ2n) is 24.8. The van der Waals surface area contributed by atoms with Gasteiger partial charge in [0.1, 0.15) is 67.1 Å². The third-order valence-electron chi connectivity index (χ3n) is 17.8. The van der Waals surface area contributed by atoms with Crippen LogP contribution in [0.4, 0.5) is 0 Å². The molecule has 13 rings (SSSR count). The second-order valence-corrected chi connectivity index (χ2v) is 24.8. The maximum Gasteiger partial charge on any atom is 0.338 e. The van der Waals surface area contributed by atoms with Crippen LogP contribution in [0.2, 0.25) is 0 Å². The number of carbonyl (C=O) groups is 1. The summed E-state index contributed by atoms with van der Waals surface area (Å²) in [6.45, 7) is 1.25. The van der Waals surface area contributed by atoms with Crippen LogP contribution in [0.5, 0.6) is 0 Å². The smallest absolute Gasteiger partial charge is 0.338 e. The number of methoxy groups -OCH3 is 1. The molecule has 0 amide bonds. The first-order valence-electron chi connectivity index (χ1n) is 33.9. The van der Waals surface area contributed by atoms with Crippen LogP contribution in [-0.2, 0) is 122 Å². The van der Waals surface area contributed by atoms with Gasteiger partial charge >= 0.3 is 5.97 Å². The van der Waals surface area contributed by atoms with Crippen molar-refractivity contribution >= 4 is 5.97 Å². The molecule has 17 nitrogen and oxygen atoms in total. The number of hydrogen-bond donors (Lipinski definition) is 0. The second kappa shape index (κ2) is 35.8. The predicted octanol–water partition coefficient (Wildman–Crippen LogP) is 13.3. The molecule has 0 aromatic heterocycles. The molecular formula is C82H84O17. The summed E-state index contributed by atoms with van der Waals surface area (Å²) < 4.78 is 113. The maximum atomic E-state index is 15.3. The van der Waals surface area contributed by atoms with Gasteiger partial charge in [0, 0.05) is 12.7 Å². The largest absolute Gasteiger partial charge is 0.450 e. The van der Waals surface area contributed by atoms with E-state index in [4.69, 9.17) is 75.8 Å². The Kier molecular flexibility index (Phi) is 25.0. The average molecular weight is 1340 g/mol. The Morgan fingerprint density at radius 3 is 1.13 bits per heavy atom. The highest BCUT2D eigenvalue weighted by Crippen LogP contribution is 2.42. The van der Waals surface area contributed by atoms with Crippen LogP contribution in [-0.4, -0.2) is 125 Å². The molecule has 1 unspecified atom stereocenters. The summed E-state index contributed by atoms with van der Waals surface area (Å²) >= 11 is 0. The highest BCUT2D eigenvalue weighted by Gasteiger charge is 2.59. The van der Waals surface area contributed by atoms with Crippen molar-refractivity contribution in [3.63, 3.8) is 0 Å². The Morgan fingerprint density at radius 1 is 0.343 bits per heavy atom. The first-order valence-corrected chi connectivity index (χ1v) is 33.9. The molecule has 4 heterocycles. The van der Waals surface area contributed by atoms with Crippen LogP contribution >= 0.6 is 0 Å². The standard InChI is InChI=1S/C82H84O17/c1-84-80-75(90-52-62-39-21-7-22-40-62)73(89-51-61-37-19-6-20-38-61)70(67(93-80)55-86-48-58-31-13-3-14-32-58)98-82-77(96-78(83)64-43-25-9-26-44-64)74(71-68(95-82)56-92-79(97-71)65-45-27-10-28-46-65)99-81-76(91-53-63-41-23-8-24-42-63)72(88-50-60-35-17-5-18-36-60)69(87-49-59-33-15-4-16-34-59)66(94-81)54-85-47-57-29-11-2-12-30-57/h2-46,66-77,79-82H,47-56H2,1H3/t66-,67-,68-,69+,70-,71+,72+,73+,74+,75-,76-,77-,79?,80-,81-,82+/m1/s1. The van der Waals surface area contributed by atoms with Gasteiger partial charge in [-0.2, -0.15) is 0 Å². The Balaban J connectivity index is 0.931. The number of fused-ring (bicyclic) bond motifs is 1. The SMILES string of the molecule is CO[C@@H]1O[C@H](COCc2ccccc2)[C@@H](O[C@@H]2O[C@@H]3COC(c4ccccc4)O[C@@H]3[C@H](O[C@H]3O[C@H](COCc4ccccc4)[C@H](OCc4ccccc4)[C@H](OCc4ccccc4)[C@H]3OCc3ccccc3)[C@H]2OC(=O)c2ccccc2)[C@H](OCc2ccccc2)[C@H]1OCc1ccccc1. The van der Waals surface area contributed by atoms with Gasteiger partial charge in [0.15, 0.2) is 31.3 Å². The van der Waals surface area contributed by atoms with Crippen molar-refractivity contribution in [2.75, 3.05) is 26.9 Å². The van der Waals surface area contributed by atoms with Crippen molar-refractivity contribution in [2.24, 2.45) is 0 Å². The van der Waals surface area contributed by atoms with E-state index >= 15 is 4.79 Å². The molecule has 0 radical (unpaired) electrons. The van der Waals surface area contributed by atoms with Crippen LogP contribution in [0.1, 0.15) is 61.2 Å². The fraction of sp³-hybridized carbons (Fsp3) is 0.329. The minimum Gasteiger partial charge on any atom is -0.450 e. The van der Waals surface area contributed by atoms with E-state index < -0.39 is 104 Å². The van der Waals surface area contributed by atoms with Crippen molar-refractivity contribution in [3.05, 3.63) is 323 Å². The zero-order chi connectivity index (χ0) is 67.2. The van der Waals surface area contributed by atoms with E-state index in [1.54, 1.807) is 31.4 Å². The summed E-state index contributed by atoms with van der Waals surface area (Å²) in [6, 6.07) is 87.5. The lowest BCUT2D eigenvalue weighted by atomic mass is 9.94. The van der Waals surface area contributed by atoms with Crippen LogP contribution in [0.3, 0.4) is 0 Å². The van der Waals surface area contributed by atoms with Gasteiger partial charge in [-0.25, -0.2) is 4.79 Å². The molecule has 16 atom stereocenters. The molecule has 4 fully saturated rings. The van der Waals surface area contributed by atoms with Crippen molar-refractivity contribution < 1.29 is 80.6 Å². The van der Waals surface area contributed by atoms with E-state index in [-0.39, 0.29) is 71.6 Å². The fourth-order valence-electron chi connectivity index (χ4n) is 12.8. The van der Waals surface area contributed by atoms with Gasteiger partial charge in [-0.15, -0.1) is 0 Å². The first-order chi connectivity index (χ1) is 49.0. The van der Waals surface area contributed by atoms with Gasteiger partial charge in [-0.05, 0) is 51.1 Å². The average Bonchev–Trinajstić information content (AvgIpc) is 0.758. The Bertz CT molecular complexity index is 3760. The zero-order valence-electron chi connectivity index (χ0n) is 55.2. The Hall–Kier alpha value is -8.15. The van der Waals surface area contributed by atoms with Crippen LogP contribution in [0.25, 0.3) is 0 Å². The normalized spacial score (nSPS) is 26.8. The molecule has 0 spiro atoms. The molecule has 9 aromatic rings. The van der Waals surface area contributed by atoms with Crippen molar-refractivity contribution in [1.29, 1.82) is 0 Å². The molecule has 9 aromatic carbocycles. The van der Waals surface area contributed by atoms with E-state index in [1.807, 2.05) is 249 Å². The van der Waals surface area contributed by atoms with E-state index in [1.165, 1.54) is 0 Å². The molecule has 0 aliphatic carbocycles. The van der Waals surface area contributed by atoms with E-state index in [9.17, 15) is 0 Å². The first kappa shape index (κ1) is 69.3. The van der Waals surface area contributed by atoms with Crippen LogP contribution in [0, 0.1) is 0 Å². The Morgan fingerprint density at radius 2 is 0.687 bits per heavy atom. The van der Waals surface area contributed by atoms with Gasteiger partial charge in [0.2, 0.25) is 0 Å². The number of esters is 1. The summed E-state index contributed by atoms with van der Waals surface area (Å²) in [5.74, 6) is -0.702. The highest BCUT2D eigenvalue weighted by molar-refractivity contribution is 5.89. The highest BCUT2D eigenvalue weighted by atomic mass is 16.8. The molecule has 4 saturated heterocycles. The Labute approximate surface area is 578 Å². The summed E-state index contributed by atoms with van der Waals surface area (Å²) in [5, 5.41) is 0. The van der Waals surface area contributed by atoms with Crippen molar-refractivity contribution in [3.8, 4) is 0 Å². The van der Waals surface area contributed by atoms with Gasteiger partial charge in [-0.3, -0.25) is 0 Å².